The minimum Gasteiger partial charge on any atom is -0.309 e. The molecule has 0 bridgehead atoms. The molecule has 3 heteroatoms. The van der Waals surface area contributed by atoms with Gasteiger partial charge in [-0.25, -0.2) is 0 Å². The average molecular weight is 365 g/mol. The van der Waals surface area contributed by atoms with E-state index in [2.05, 4.69) is 78.2 Å². The Morgan fingerprint density at radius 1 is 1.04 bits per heavy atom. The van der Waals surface area contributed by atoms with Gasteiger partial charge in [0.15, 0.2) is 0 Å². The van der Waals surface area contributed by atoms with Gasteiger partial charge in [-0.15, -0.1) is 0 Å². The van der Waals surface area contributed by atoms with Crippen LogP contribution < -0.4 is 4.90 Å². The van der Waals surface area contributed by atoms with Gasteiger partial charge in [-0.2, -0.15) is 0 Å². The average Bonchev–Trinajstić information content (AvgIpc) is 2.70. The van der Waals surface area contributed by atoms with E-state index in [9.17, 15) is 4.79 Å². The van der Waals surface area contributed by atoms with Crippen molar-refractivity contribution in [3.63, 3.8) is 0 Å². The molecule has 144 valence electrons. The highest BCUT2D eigenvalue weighted by Gasteiger charge is 2.28. The van der Waals surface area contributed by atoms with Gasteiger partial charge in [0.2, 0.25) is 5.91 Å². The van der Waals surface area contributed by atoms with Crippen LogP contribution in [-0.2, 0) is 11.2 Å². The van der Waals surface area contributed by atoms with Crippen molar-refractivity contribution >= 4 is 11.6 Å². The van der Waals surface area contributed by atoms with Gasteiger partial charge >= 0.3 is 0 Å². The number of hydrogen-bond acceptors (Lipinski definition) is 2. The van der Waals surface area contributed by atoms with Crippen molar-refractivity contribution in [2.75, 3.05) is 24.5 Å². The second-order valence-electron chi connectivity index (χ2n) is 7.66. The number of benzene rings is 2. The fourth-order valence-corrected chi connectivity index (χ4v) is 3.93. The molecule has 1 amide bonds. The number of nitrogens with zero attached hydrogens (tertiary/aromatic N) is 2. The zero-order chi connectivity index (χ0) is 19.1. The largest absolute Gasteiger partial charge is 0.309 e. The minimum atomic E-state index is 0.268. The van der Waals surface area contributed by atoms with E-state index in [0.29, 0.717) is 12.5 Å². The molecule has 3 rings (SSSR count). The molecule has 0 aromatic heterocycles. The van der Waals surface area contributed by atoms with Crippen LogP contribution in [0.25, 0.3) is 0 Å². The number of carbonyl (C=O) groups is 1. The topological polar surface area (TPSA) is 23.6 Å². The lowest BCUT2D eigenvalue weighted by Gasteiger charge is -2.38. The highest BCUT2D eigenvalue weighted by atomic mass is 16.2. The second kappa shape index (κ2) is 9.70. The molecule has 2 aromatic rings. The van der Waals surface area contributed by atoms with E-state index in [1.54, 1.807) is 0 Å². The summed E-state index contributed by atoms with van der Waals surface area (Å²) in [7, 11) is 0. The van der Waals surface area contributed by atoms with Crippen LogP contribution in [0.15, 0.2) is 54.6 Å². The van der Waals surface area contributed by atoms with E-state index in [1.165, 1.54) is 11.1 Å². The number of piperidine rings is 1. The molecule has 0 radical (unpaired) electrons. The van der Waals surface area contributed by atoms with Crippen LogP contribution in [0.1, 0.15) is 43.7 Å². The molecule has 0 N–H and O–H groups in total. The number of rotatable bonds is 7. The number of hydrogen-bond donors (Lipinski definition) is 0. The Balaban J connectivity index is 1.60. The first-order valence-corrected chi connectivity index (χ1v) is 10.3. The lowest BCUT2D eigenvalue weighted by atomic mass is 10.0. The Morgan fingerprint density at radius 3 is 2.33 bits per heavy atom. The van der Waals surface area contributed by atoms with Crippen LogP contribution in [-0.4, -0.2) is 36.5 Å². The lowest BCUT2D eigenvalue weighted by Crippen LogP contribution is -2.48. The van der Waals surface area contributed by atoms with E-state index in [4.69, 9.17) is 0 Å². The molecule has 2 aromatic carbocycles. The minimum absolute atomic E-state index is 0.268. The predicted octanol–water partition coefficient (Wildman–Crippen LogP) is 4.84. The monoisotopic (exact) mass is 364 g/mol. The second-order valence-corrected chi connectivity index (χ2v) is 7.66. The Bertz CT molecular complexity index is 703. The molecule has 0 spiro atoms. The number of anilines is 1. The maximum Gasteiger partial charge on any atom is 0.227 e. The van der Waals surface area contributed by atoms with Crippen LogP contribution in [0.3, 0.4) is 0 Å². The zero-order valence-corrected chi connectivity index (χ0v) is 16.7. The first-order chi connectivity index (χ1) is 13.2. The van der Waals surface area contributed by atoms with Gasteiger partial charge in [-0.1, -0.05) is 55.0 Å². The molecular weight excluding hydrogens is 332 g/mol. The van der Waals surface area contributed by atoms with Crippen LogP contribution in [0.5, 0.6) is 0 Å². The molecule has 1 heterocycles. The van der Waals surface area contributed by atoms with Crippen molar-refractivity contribution in [2.24, 2.45) is 0 Å². The van der Waals surface area contributed by atoms with E-state index < -0.39 is 0 Å². The van der Waals surface area contributed by atoms with Crippen molar-refractivity contribution in [1.82, 2.24) is 4.90 Å². The maximum absolute atomic E-state index is 12.8. The predicted molar refractivity (Wildman–Crippen MR) is 113 cm³/mol. The summed E-state index contributed by atoms with van der Waals surface area (Å²) in [6.45, 7) is 7.41. The summed E-state index contributed by atoms with van der Waals surface area (Å²) in [5.41, 5.74) is 3.69. The normalized spacial score (nSPS) is 15.6. The zero-order valence-electron chi connectivity index (χ0n) is 16.7. The van der Waals surface area contributed by atoms with Gasteiger partial charge in [-0.05, 0) is 50.3 Å². The molecule has 1 aliphatic rings. The Hall–Kier alpha value is -2.13. The summed E-state index contributed by atoms with van der Waals surface area (Å²) >= 11 is 0. The summed E-state index contributed by atoms with van der Waals surface area (Å²) in [5, 5.41) is 0. The quantitative estimate of drug-likeness (QED) is 0.702. The van der Waals surface area contributed by atoms with Gasteiger partial charge in [0.05, 0.1) is 0 Å². The molecule has 0 unspecified atom stereocenters. The van der Waals surface area contributed by atoms with E-state index in [-0.39, 0.29) is 5.91 Å². The van der Waals surface area contributed by atoms with Gasteiger partial charge in [-0.3, -0.25) is 4.79 Å². The standard InChI is InChI=1S/C24H32N2O/c1-3-7-24(27)26(22-12-10-20(2)11-13-22)23-15-18-25(19-16-23)17-14-21-8-5-4-6-9-21/h4-6,8-13,23H,3,7,14-19H2,1-2H3. The van der Waals surface area contributed by atoms with Crippen molar-refractivity contribution in [3.8, 4) is 0 Å². The maximum atomic E-state index is 12.8. The molecule has 1 saturated heterocycles. The van der Waals surface area contributed by atoms with Crippen LogP contribution in [0.2, 0.25) is 0 Å². The van der Waals surface area contributed by atoms with Crippen molar-refractivity contribution in [2.45, 2.75) is 52.0 Å². The Kier molecular flexibility index (Phi) is 7.05. The van der Waals surface area contributed by atoms with Crippen molar-refractivity contribution in [3.05, 3.63) is 65.7 Å². The first-order valence-electron chi connectivity index (χ1n) is 10.3. The summed E-state index contributed by atoms with van der Waals surface area (Å²) < 4.78 is 0. The fourth-order valence-electron chi connectivity index (χ4n) is 3.93. The summed E-state index contributed by atoms with van der Waals surface area (Å²) in [4.78, 5) is 17.5. The number of carbonyl (C=O) groups excluding carboxylic acids is 1. The molecular formula is C24H32N2O. The number of amides is 1. The van der Waals surface area contributed by atoms with Gasteiger partial charge < -0.3 is 9.80 Å². The Morgan fingerprint density at radius 2 is 1.70 bits per heavy atom. The van der Waals surface area contributed by atoms with Crippen molar-refractivity contribution in [1.29, 1.82) is 0 Å². The third kappa shape index (κ3) is 5.43. The fraction of sp³-hybridized carbons (Fsp3) is 0.458. The molecule has 1 aliphatic heterocycles. The summed E-state index contributed by atoms with van der Waals surface area (Å²) in [6.07, 6.45) is 4.73. The molecule has 27 heavy (non-hydrogen) atoms. The third-order valence-corrected chi connectivity index (χ3v) is 5.53. The van der Waals surface area contributed by atoms with E-state index >= 15 is 0 Å². The summed E-state index contributed by atoms with van der Waals surface area (Å²) in [6, 6.07) is 19.4. The Labute approximate surface area is 164 Å². The highest BCUT2D eigenvalue weighted by molar-refractivity contribution is 5.94. The first kappa shape index (κ1) is 19.6. The molecule has 1 fully saturated rings. The van der Waals surface area contributed by atoms with Crippen molar-refractivity contribution < 1.29 is 4.79 Å². The van der Waals surface area contributed by atoms with E-state index in [0.717, 1.165) is 51.0 Å². The van der Waals surface area contributed by atoms with Crippen LogP contribution >= 0.6 is 0 Å². The number of aryl methyl sites for hydroxylation is 1. The van der Waals surface area contributed by atoms with Gasteiger partial charge in [0, 0.05) is 37.8 Å². The molecule has 0 aliphatic carbocycles. The molecule has 3 nitrogen and oxygen atoms in total. The highest BCUT2D eigenvalue weighted by Crippen LogP contribution is 2.25. The molecule has 0 saturated carbocycles. The lowest BCUT2D eigenvalue weighted by molar-refractivity contribution is -0.119. The smallest absolute Gasteiger partial charge is 0.227 e. The SMILES string of the molecule is CCCC(=O)N(c1ccc(C)cc1)C1CCN(CCc2ccccc2)CC1. The van der Waals surface area contributed by atoms with Gasteiger partial charge in [0.25, 0.3) is 0 Å². The van der Waals surface area contributed by atoms with Crippen LogP contribution in [0.4, 0.5) is 5.69 Å². The summed E-state index contributed by atoms with van der Waals surface area (Å²) in [5.74, 6) is 0.268. The van der Waals surface area contributed by atoms with E-state index in [1.807, 2.05) is 0 Å². The third-order valence-electron chi connectivity index (χ3n) is 5.53. The molecule has 0 atom stereocenters. The van der Waals surface area contributed by atoms with Gasteiger partial charge in [0.1, 0.15) is 0 Å². The van der Waals surface area contributed by atoms with Crippen LogP contribution in [0, 0.1) is 6.92 Å². The number of likely N-dealkylation sites (tertiary alicyclic amines) is 1.